The van der Waals surface area contributed by atoms with Crippen LogP contribution in [0.1, 0.15) is 17.5 Å². The van der Waals surface area contributed by atoms with Gasteiger partial charge in [0.05, 0.1) is 22.9 Å². The average Bonchev–Trinajstić information content (AvgIpc) is 3.33. The fraction of sp³-hybridized carbons (Fsp3) is 0.278. The van der Waals surface area contributed by atoms with Crippen molar-refractivity contribution < 1.29 is 33.1 Å². The van der Waals surface area contributed by atoms with Gasteiger partial charge in [-0.15, -0.1) is 0 Å². The van der Waals surface area contributed by atoms with E-state index in [-0.39, 0.29) is 23.7 Å². The number of nitrogens with zero attached hydrogens (tertiary/aromatic N) is 3. The summed E-state index contributed by atoms with van der Waals surface area (Å²) in [4.78, 5) is 38.8. The first kappa shape index (κ1) is 19.6. The fourth-order valence-electron chi connectivity index (χ4n) is 2.86. The molecule has 11 nitrogen and oxygen atoms in total. The quantitative estimate of drug-likeness (QED) is 0.340. The van der Waals surface area contributed by atoms with Crippen molar-refractivity contribution in [2.24, 2.45) is 4.99 Å². The van der Waals surface area contributed by atoms with E-state index in [1.54, 1.807) is 19.1 Å². The molecule has 0 unspecified atom stereocenters. The number of ether oxygens (including phenoxy) is 3. The summed E-state index contributed by atoms with van der Waals surface area (Å²) in [6.07, 6.45) is 0. The molecule has 4 rings (SSSR count). The van der Waals surface area contributed by atoms with Crippen LogP contribution in [0.2, 0.25) is 0 Å². The van der Waals surface area contributed by atoms with Crippen LogP contribution in [0.4, 0.5) is 5.88 Å². The molecule has 1 aliphatic rings. The Balaban J connectivity index is 1.81. The Morgan fingerprint density at radius 2 is 2.00 bits per heavy atom. The minimum atomic E-state index is -0.815. The number of hydrogen-bond donors (Lipinski definition) is 0. The zero-order valence-electron chi connectivity index (χ0n) is 15.7. The van der Waals surface area contributed by atoms with Crippen LogP contribution in [0.25, 0.3) is 10.2 Å². The molecule has 3 heterocycles. The Labute approximate surface area is 172 Å². The van der Waals surface area contributed by atoms with Crippen LogP contribution in [0.3, 0.4) is 0 Å². The van der Waals surface area contributed by atoms with E-state index in [4.69, 9.17) is 18.6 Å². The molecular formula is C18H15N3O8S. The lowest BCUT2D eigenvalue weighted by Crippen LogP contribution is -2.23. The van der Waals surface area contributed by atoms with Gasteiger partial charge in [0.1, 0.15) is 24.7 Å². The molecule has 0 radical (unpaired) electrons. The molecule has 1 amide bonds. The zero-order valence-corrected chi connectivity index (χ0v) is 16.5. The maximum Gasteiger partial charge on any atom is 0.433 e. The number of thiazole rings is 1. The van der Waals surface area contributed by atoms with Crippen molar-refractivity contribution in [3.63, 3.8) is 0 Å². The zero-order chi connectivity index (χ0) is 21.3. The van der Waals surface area contributed by atoms with Gasteiger partial charge < -0.3 is 23.2 Å². The molecule has 0 bridgehead atoms. The van der Waals surface area contributed by atoms with Crippen LogP contribution < -0.4 is 14.3 Å². The van der Waals surface area contributed by atoms with Crippen LogP contribution in [0.15, 0.2) is 33.7 Å². The summed E-state index contributed by atoms with van der Waals surface area (Å²) in [5, 5.41) is 10.8. The van der Waals surface area contributed by atoms with Crippen molar-refractivity contribution in [1.82, 2.24) is 4.57 Å². The lowest BCUT2D eigenvalue weighted by Gasteiger charge is -2.18. The number of amides is 1. The second-order valence-electron chi connectivity index (χ2n) is 6.05. The third kappa shape index (κ3) is 3.76. The topological polar surface area (TPSA) is 135 Å². The van der Waals surface area contributed by atoms with Crippen molar-refractivity contribution in [1.29, 1.82) is 0 Å². The van der Waals surface area contributed by atoms with Gasteiger partial charge in [0.25, 0.3) is 0 Å². The van der Waals surface area contributed by atoms with E-state index in [0.717, 1.165) is 17.4 Å². The molecule has 12 heteroatoms. The first-order valence-corrected chi connectivity index (χ1v) is 9.70. The number of furan rings is 1. The molecule has 0 N–H and O–H groups in total. The predicted molar refractivity (Wildman–Crippen MR) is 103 cm³/mol. The third-order valence-corrected chi connectivity index (χ3v) is 5.16. The van der Waals surface area contributed by atoms with Crippen LogP contribution >= 0.6 is 11.3 Å². The van der Waals surface area contributed by atoms with Gasteiger partial charge >= 0.3 is 17.8 Å². The predicted octanol–water partition coefficient (Wildman–Crippen LogP) is 2.28. The Kier molecular flexibility index (Phi) is 5.23. The largest absolute Gasteiger partial charge is 0.486 e. The number of nitro groups is 1. The van der Waals surface area contributed by atoms with Crippen molar-refractivity contribution in [3.05, 3.63) is 44.9 Å². The first-order chi connectivity index (χ1) is 14.5. The maximum absolute atomic E-state index is 12.5. The summed E-state index contributed by atoms with van der Waals surface area (Å²) in [6, 6.07) is 5.70. The van der Waals surface area contributed by atoms with Crippen LogP contribution in [-0.2, 0) is 16.1 Å². The standard InChI is InChI=1S/C18H15N3O8S/c1-2-26-16(22)9-20-10-7-12-13(28-6-5-27-12)8-14(10)30-18(20)19-17(23)11-3-4-15(29-11)21(24)25/h3-4,7-8H,2,5-6,9H2,1H3. The molecule has 0 fully saturated rings. The molecule has 156 valence electrons. The van der Waals surface area contributed by atoms with E-state index in [0.29, 0.717) is 34.9 Å². The number of carbonyl (C=O) groups excluding carboxylic acids is 2. The van der Waals surface area contributed by atoms with Crippen LogP contribution in [0, 0.1) is 10.1 Å². The monoisotopic (exact) mass is 433 g/mol. The summed E-state index contributed by atoms with van der Waals surface area (Å²) in [6.45, 7) is 2.52. The van der Waals surface area contributed by atoms with Crippen LogP contribution in [0.5, 0.6) is 11.5 Å². The third-order valence-electron chi connectivity index (χ3n) is 4.12. The van der Waals surface area contributed by atoms with Gasteiger partial charge in [0.2, 0.25) is 5.76 Å². The van der Waals surface area contributed by atoms with E-state index in [2.05, 4.69) is 4.99 Å². The van der Waals surface area contributed by atoms with Gasteiger partial charge in [-0.2, -0.15) is 4.99 Å². The number of rotatable bonds is 5. The number of carbonyl (C=O) groups is 2. The molecule has 0 spiro atoms. The minimum Gasteiger partial charge on any atom is -0.486 e. The van der Waals surface area contributed by atoms with Crippen molar-refractivity contribution in [2.75, 3.05) is 19.8 Å². The second-order valence-corrected chi connectivity index (χ2v) is 7.06. The van der Waals surface area contributed by atoms with E-state index in [9.17, 15) is 19.7 Å². The fourth-order valence-corrected chi connectivity index (χ4v) is 3.90. The molecule has 3 aromatic rings. The maximum atomic E-state index is 12.5. The number of aromatic nitrogens is 1. The number of fused-ring (bicyclic) bond motifs is 2. The number of esters is 1. The van der Waals surface area contributed by atoms with E-state index in [1.807, 2.05) is 0 Å². The molecule has 1 aromatic carbocycles. The Hall–Kier alpha value is -3.67. The Bertz CT molecular complexity index is 1220. The van der Waals surface area contributed by atoms with Gasteiger partial charge in [0, 0.05) is 12.1 Å². The van der Waals surface area contributed by atoms with Crippen molar-refractivity contribution in [3.8, 4) is 11.5 Å². The van der Waals surface area contributed by atoms with Gasteiger partial charge in [-0.25, -0.2) is 0 Å². The highest BCUT2D eigenvalue weighted by Crippen LogP contribution is 2.35. The summed E-state index contributed by atoms with van der Waals surface area (Å²) in [5.74, 6) is -1.10. The second kappa shape index (κ2) is 7.99. The number of hydrogen-bond acceptors (Lipinski definition) is 9. The lowest BCUT2D eigenvalue weighted by molar-refractivity contribution is -0.402. The molecule has 2 aromatic heterocycles. The molecule has 1 aliphatic heterocycles. The Morgan fingerprint density at radius 1 is 1.27 bits per heavy atom. The summed E-state index contributed by atoms with van der Waals surface area (Å²) in [5.41, 5.74) is 0.606. The van der Waals surface area contributed by atoms with E-state index >= 15 is 0 Å². The molecule has 0 aliphatic carbocycles. The van der Waals surface area contributed by atoms with E-state index in [1.165, 1.54) is 10.6 Å². The van der Waals surface area contributed by atoms with E-state index < -0.39 is 22.7 Å². The molecular weight excluding hydrogens is 418 g/mol. The molecule has 0 saturated carbocycles. The first-order valence-electron chi connectivity index (χ1n) is 8.88. The van der Waals surface area contributed by atoms with Crippen molar-refractivity contribution >= 4 is 39.3 Å². The SMILES string of the molecule is CCOC(=O)Cn1c(=NC(=O)c2ccc([N+](=O)[O-])o2)sc2cc3c(cc21)OCCO3. The minimum absolute atomic E-state index is 0.183. The smallest absolute Gasteiger partial charge is 0.433 e. The molecule has 30 heavy (non-hydrogen) atoms. The highest BCUT2D eigenvalue weighted by atomic mass is 32.1. The average molecular weight is 433 g/mol. The number of benzene rings is 1. The molecule has 0 saturated heterocycles. The van der Waals surface area contributed by atoms with Gasteiger partial charge in [0.15, 0.2) is 16.3 Å². The highest BCUT2D eigenvalue weighted by molar-refractivity contribution is 7.16. The molecule has 0 atom stereocenters. The van der Waals surface area contributed by atoms with Crippen molar-refractivity contribution in [2.45, 2.75) is 13.5 Å². The lowest BCUT2D eigenvalue weighted by atomic mass is 10.2. The van der Waals surface area contributed by atoms with Crippen LogP contribution in [-0.4, -0.2) is 41.2 Å². The normalized spacial score (nSPS) is 13.4. The van der Waals surface area contributed by atoms with Gasteiger partial charge in [-0.3, -0.25) is 19.7 Å². The highest BCUT2D eigenvalue weighted by Gasteiger charge is 2.20. The van der Waals surface area contributed by atoms with Gasteiger partial charge in [-0.05, 0) is 13.0 Å². The Morgan fingerprint density at radius 3 is 2.67 bits per heavy atom. The summed E-state index contributed by atoms with van der Waals surface area (Å²) in [7, 11) is 0. The summed E-state index contributed by atoms with van der Waals surface area (Å²) < 4.78 is 23.3. The summed E-state index contributed by atoms with van der Waals surface area (Å²) >= 11 is 1.15. The van der Waals surface area contributed by atoms with Gasteiger partial charge in [-0.1, -0.05) is 11.3 Å².